The molecule has 30 heavy (non-hydrogen) atoms. The second-order valence-electron chi connectivity index (χ2n) is 7.54. The van der Waals surface area contributed by atoms with Gasteiger partial charge in [-0.15, -0.1) is 0 Å². The van der Waals surface area contributed by atoms with Crippen LogP contribution in [-0.2, 0) is 4.74 Å². The van der Waals surface area contributed by atoms with Crippen molar-refractivity contribution in [1.29, 1.82) is 0 Å². The van der Waals surface area contributed by atoms with Gasteiger partial charge in [0.25, 0.3) is 11.6 Å². The van der Waals surface area contributed by atoms with Crippen molar-refractivity contribution >= 4 is 17.3 Å². The SMILES string of the molecule is O=C(NCC(c1ccco1)N1CCCC1)c1ccc(N2CCOCC2)c([N+](=O)[O-])c1. The smallest absolute Gasteiger partial charge is 0.293 e. The van der Waals surface area contributed by atoms with Gasteiger partial charge in [-0.3, -0.25) is 19.8 Å². The van der Waals surface area contributed by atoms with Gasteiger partial charge in [-0.25, -0.2) is 0 Å². The number of nitro groups is 1. The number of carbonyl (C=O) groups is 1. The summed E-state index contributed by atoms with van der Waals surface area (Å²) in [6.07, 6.45) is 3.88. The molecule has 3 heterocycles. The van der Waals surface area contributed by atoms with Gasteiger partial charge >= 0.3 is 0 Å². The summed E-state index contributed by atoms with van der Waals surface area (Å²) in [7, 11) is 0. The average molecular weight is 414 g/mol. The van der Waals surface area contributed by atoms with Crippen molar-refractivity contribution in [2.45, 2.75) is 18.9 Å². The van der Waals surface area contributed by atoms with E-state index in [0.717, 1.165) is 31.7 Å². The summed E-state index contributed by atoms with van der Waals surface area (Å²) in [5.74, 6) is 0.480. The molecule has 1 amide bonds. The van der Waals surface area contributed by atoms with Crippen LogP contribution in [-0.4, -0.2) is 61.7 Å². The molecule has 2 saturated heterocycles. The largest absolute Gasteiger partial charge is 0.468 e. The maximum Gasteiger partial charge on any atom is 0.293 e. The number of likely N-dealkylation sites (tertiary alicyclic amines) is 1. The summed E-state index contributed by atoms with van der Waals surface area (Å²) in [6.45, 7) is 4.54. The van der Waals surface area contributed by atoms with Crippen LogP contribution in [0.5, 0.6) is 0 Å². The van der Waals surface area contributed by atoms with Crippen molar-refractivity contribution in [1.82, 2.24) is 10.2 Å². The molecule has 1 unspecified atom stereocenters. The molecule has 9 heteroatoms. The molecule has 2 aliphatic heterocycles. The number of benzene rings is 1. The third kappa shape index (κ3) is 4.47. The second-order valence-corrected chi connectivity index (χ2v) is 7.54. The lowest BCUT2D eigenvalue weighted by molar-refractivity contribution is -0.384. The van der Waals surface area contributed by atoms with Crippen LogP contribution in [0.25, 0.3) is 0 Å². The van der Waals surface area contributed by atoms with Gasteiger partial charge in [-0.2, -0.15) is 0 Å². The summed E-state index contributed by atoms with van der Waals surface area (Å²) in [5, 5.41) is 14.6. The Morgan fingerprint density at radius 1 is 1.17 bits per heavy atom. The standard InChI is InChI=1S/C21H26N4O5/c26-21(22-15-19(20-4-3-11-30-20)23-7-1-2-8-23)16-5-6-17(18(14-16)25(27)28)24-9-12-29-13-10-24/h3-6,11,14,19H,1-2,7-10,12-13,15H2,(H,22,26). The molecule has 2 aliphatic rings. The van der Waals surface area contributed by atoms with Gasteiger partial charge in [0.2, 0.25) is 0 Å². The van der Waals surface area contributed by atoms with Crippen LogP contribution in [0.4, 0.5) is 11.4 Å². The van der Waals surface area contributed by atoms with Gasteiger partial charge in [0.15, 0.2) is 0 Å². The molecule has 2 fully saturated rings. The van der Waals surface area contributed by atoms with Crippen LogP contribution >= 0.6 is 0 Å². The van der Waals surface area contributed by atoms with Crippen molar-refractivity contribution in [3.63, 3.8) is 0 Å². The Kier molecular flexibility index (Phi) is 6.29. The van der Waals surface area contributed by atoms with Crippen molar-refractivity contribution in [3.05, 3.63) is 58.0 Å². The number of nitro benzene ring substituents is 1. The molecule has 9 nitrogen and oxygen atoms in total. The molecule has 0 radical (unpaired) electrons. The van der Waals surface area contributed by atoms with Crippen LogP contribution < -0.4 is 10.2 Å². The highest BCUT2D eigenvalue weighted by molar-refractivity contribution is 5.95. The van der Waals surface area contributed by atoms with Crippen LogP contribution in [0.15, 0.2) is 41.0 Å². The summed E-state index contributed by atoms with van der Waals surface area (Å²) < 4.78 is 10.9. The molecule has 1 atom stereocenters. The number of furan rings is 1. The number of morpholine rings is 1. The fourth-order valence-electron chi connectivity index (χ4n) is 4.12. The normalized spacial score (nSPS) is 18.3. The van der Waals surface area contributed by atoms with Crippen molar-refractivity contribution in [2.75, 3.05) is 50.8 Å². The minimum absolute atomic E-state index is 0.0472. The van der Waals surface area contributed by atoms with E-state index in [1.54, 1.807) is 18.4 Å². The summed E-state index contributed by atoms with van der Waals surface area (Å²) in [6, 6.07) is 8.37. The first-order valence-electron chi connectivity index (χ1n) is 10.3. The number of anilines is 1. The molecular formula is C21H26N4O5. The first-order valence-corrected chi connectivity index (χ1v) is 10.3. The number of hydrogen-bond acceptors (Lipinski definition) is 7. The summed E-state index contributed by atoms with van der Waals surface area (Å²) >= 11 is 0. The Labute approximate surface area is 174 Å². The van der Waals surface area contributed by atoms with Crippen LogP contribution in [0.1, 0.15) is 35.0 Å². The van der Waals surface area contributed by atoms with Gasteiger partial charge in [0, 0.05) is 31.3 Å². The van der Waals surface area contributed by atoms with Gasteiger partial charge in [-0.1, -0.05) is 0 Å². The van der Waals surface area contributed by atoms with Crippen LogP contribution in [0, 0.1) is 10.1 Å². The van der Waals surface area contributed by atoms with E-state index in [1.807, 2.05) is 17.0 Å². The zero-order valence-electron chi connectivity index (χ0n) is 16.8. The monoisotopic (exact) mass is 414 g/mol. The fourth-order valence-corrected chi connectivity index (χ4v) is 4.12. The van der Waals surface area contributed by atoms with Crippen molar-refractivity contribution < 1.29 is 18.9 Å². The van der Waals surface area contributed by atoms with Gasteiger partial charge in [0.1, 0.15) is 11.4 Å². The summed E-state index contributed by atoms with van der Waals surface area (Å²) in [5.41, 5.74) is 0.732. The number of amides is 1. The zero-order valence-corrected chi connectivity index (χ0v) is 16.8. The number of rotatable bonds is 7. The van der Waals surface area contributed by atoms with Gasteiger partial charge in [0.05, 0.1) is 30.4 Å². The number of hydrogen-bond donors (Lipinski definition) is 1. The predicted octanol–water partition coefficient (Wildman–Crippen LogP) is 2.59. The highest BCUT2D eigenvalue weighted by atomic mass is 16.6. The number of nitrogens with one attached hydrogen (secondary N) is 1. The Balaban J connectivity index is 1.48. The van der Waals surface area contributed by atoms with Crippen LogP contribution in [0.3, 0.4) is 0 Å². The van der Waals surface area contributed by atoms with E-state index in [9.17, 15) is 14.9 Å². The molecule has 1 N–H and O–H groups in total. The number of carbonyl (C=O) groups excluding carboxylic acids is 1. The Bertz CT molecular complexity index is 874. The Morgan fingerprint density at radius 2 is 1.93 bits per heavy atom. The van der Waals surface area contributed by atoms with Gasteiger partial charge < -0.3 is 19.4 Å². The lowest BCUT2D eigenvalue weighted by atomic mass is 10.1. The first-order chi connectivity index (χ1) is 14.6. The fraction of sp³-hybridized carbons (Fsp3) is 0.476. The van der Waals surface area contributed by atoms with E-state index in [0.29, 0.717) is 38.5 Å². The molecule has 0 saturated carbocycles. The Morgan fingerprint density at radius 3 is 2.60 bits per heavy atom. The van der Waals surface area contributed by atoms with Crippen molar-refractivity contribution in [3.8, 4) is 0 Å². The van der Waals surface area contributed by atoms with Crippen molar-refractivity contribution in [2.24, 2.45) is 0 Å². The highest BCUT2D eigenvalue weighted by Crippen LogP contribution is 2.30. The summed E-state index contributed by atoms with van der Waals surface area (Å²) in [4.78, 5) is 28.2. The number of ether oxygens (including phenoxy) is 1. The van der Waals surface area contributed by atoms with Gasteiger partial charge in [-0.05, 0) is 50.2 Å². The van der Waals surface area contributed by atoms with E-state index in [2.05, 4.69) is 10.2 Å². The molecule has 1 aromatic carbocycles. The number of nitrogens with zero attached hydrogens (tertiary/aromatic N) is 3. The van der Waals surface area contributed by atoms with Crippen LogP contribution in [0.2, 0.25) is 0 Å². The lowest BCUT2D eigenvalue weighted by Crippen LogP contribution is -2.37. The van der Waals surface area contributed by atoms with E-state index in [-0.39, 0.29) is 23.2 Å². The second kappa shape index (κ2) is 9.27. The quantitative estimate of drug-likeness (QED) is 0.549. The Hall–Kier alpha value is -2.91. The zero-order chi connectivity index (χ0) is 20.9. The maximum absolute atomic E-state index is 12.8. The van der Waals surface area contributed by atoms with E-state index >= 15 is 0 Å². The van der Waals surface area contributed by atoms with E-state index in [4.69, 9.17) is 9.15 Å². The minimum atomic E-state index is -0.433. The molecule has 4 rings (SSSR count). The topological polar surface area (TPSA) is 101 Å². The first kappa shape index (κ1) is 20.4. The van der Waals surface area contributed by atoms with E-state index < -0.39 is 4.92 Å². The maximum atomic E-state index is 12.8. The highest BCUT2D eigenvalue weighted by Gasteiger charge is 2.27. The molecular weight excluding hydrogens is 388 g/mol. The lowest BCUT2D eigenvalue weighted by Gasteiger charge is -2.28. The third-order valence-electron chi connectivity index (χ3n) is 5.70. The molecule has 0 bridgehead atoms. The molecule has 2 aromatic rings. The average Bonchev–Trinajstić information content (AvgIpc) is 3.49. The van der Waals surface area contributed by atoms with E-state index in [1.165, 1.54) is 6.07 Å². The molecule has 160 valence electrons. The third-order valence-corrected chi connectivity index (χ3v) is 5.70. The molecule has 0 spiro atoms. The molecule has 0 aliphatic carbocycles. The minimum Gasteiger partial charge on any atom is -0.468 e. The predicted molar refractivity (Wildman–Crippen MR) is 111 cm³/mol. The molecule has 1 aromatic heterocycles.